The van der Waals surface area contributed by atoms with E-state index in [9.17, 15) is 10.1 Å². The number of nitro groups is 1. The van der Waals surface area contributed by atoms with Crippen molar-refractivity contribution in [1.82, 2.24) is 0 Å². The van der Waals surface area contributed by atoms with Crippen LogP contribution in [0.1, 0.15) is 5.56 Å². The molecular weight excluding hydrogens is 266 g/mol. The molecule has 0 bridgehead atoms. The van der Waals surface area contributed by atoms with Crippen molar-refractivity contribution in [2.45, 2.75) is 6.54 Å². The second-order valence-corrected chi connectivity index (χ2v) is 4.38. The lowest BCUT2D eigenvalue weighted by Crippen LogP contribution is -2.03. The number of rotatable bonds is 4. The number of nitrogens with two attached hydrogens (primary N) is 1. The van der Waals surface area contributed by atoms with E-state index in [2.05, 4.69) is 5.32 Å². The molecule has 2 aromatic carbocycles. The monoisotopic (exact) mass is 277 g/mol. The van der Waals surface area contributed by atoms with E-state index >= 15 is 0 Å². The van der Waals surface area contributed by atoms with Gasteiger partial charge in [-0.25, -0.2) is 0 Å². The molecule has 5 nitrogen and oxygen atoms in total. The van der Waals surface area contributed by atoms with Crippen LogP contribution in [-0.2, 0) is 6.54 Å². The van der Waals surface area contributed by atoms with E-state index in [1.807, 2.05) is 18.2 Å². The van der Waals surface area contributed by atoms with Crippen LogP contribution in [0.4, 0.5) is 17.1 Å². The summed E-state index contributed by atoms with van der Waals surface area (Å²) in [6, 6.07) is 11.8. The van der Waals surface area contributed by atoms with Gasteiger partial charge >= 0.3 is 0 Å². The van der Waals surface area contributed by atoms with Gasteiger partial charge in [-0.05, 0) is 17.7 Å². The summed E-state index contributed by atoms with van der Waals surface area (Å²) in [7, 11) is 0. The standard InChI is InChI=1S/C13H12ClN3O2/c14-11-4-2-1-3-9(11)8-16-13-6-5-10(17(18)19)7-12(13)15/h1-7,16H,8,15H2. The normalized spacial score (nSPS) is 10.2. The first-order chi connectivity index (χ1) is 9.08. The first-order valence-electron chi connectivity index (χ1n) is 5.59. The maximum atomic E-state index is 10.6. The van der Waals surface area contributed by atoms with Crippen LogP contribution < -0.4 is 11.1 Å². The lowest BCUT2D eigenvalue weighted by Gasteiger charge is -2.10. The molecule has 0 aliphatic rings. The Bertz CT molecular complexity index is 617. The summed E-state index contributed by atoms with van der Waals surface area (Å²) >= 11 is 6.04. The van der Waals surface area contributed by atoms with E-state index < -0.39 is 4.92 Å². The topological polar surface area (TPSA) is 81.2 Å². The van der Waals surface area contributed by atoms with Gasteiger partial charge in [-0.2, -0.15) is 0 Å². The number of non-ortho nitro benzene ring substituents is 1. The molecule has 0 aromatic heterocycles. The maximum Gasteiger partial charge on any atom is 0.271 e. The Kier molecular flexibility index (Phi) is 3.87. The van der Waals surface area contributed by atoms with Crippen LogP contribution in [0, 0.1) is 10.1 Å². The minimum absolute atomic E-state index is 0.0270. The van der Waals surface area contributed by atoms with Crippen LogP contribution in [0.3, 0.4) is 0 Å². The van der Waals surface area contributed by atoms with Gasteiger partial charge in [0.05, 0.1) is 16.3 Å². The molecule has 0 amide bonds. The van der Waals surface area contributed by atoms with Crippen molar-refractivity contribution in [2.24, 2.45) is 0 Å². The van der Waals surface area contributed by atoms with Gasteiger partial charge in [0, 0.05) is 23.7 Å². The summed E-state index contributed by atoms with van der Waals surface area (Å²) in [5, 5.41) is 14.4. The molecule has 19 heavy (non-hydrogen) atoms. The summed E-state index contributed by atoms with van der Waals surface area (Å²) in [6.07, 6.45) is 0. The first-order valence-corrected chi connectivity index (χ1v) is 5.97. The van der Waals surface area contributed by atoms with Gasteiger partial charge < -0.3 is 11.1 Å². The predicted octanol–water partition coefficient (Wildman–Crippen LogP) is 3.44. The van der Waals surface area contributed by atoms with Crippen molar-refractivity contribution in [3.05, 3.63) is 63.2 Å². The molecule has 0 unspecified atom stereocenters. The molecule has 0 radical (unpaired) electrons. The molecule has 0 aliphatic carbocycles. The van der Waals surface area contributed by atoms with Gasteiger partial charge in [-0.15, -0.1) is 0 Å². The third-order valence-corrected chi connectivity index (χ3v) is 3.04. The molecule has 0 spiro atoms. The van der Waals surface area contributed by atoms with Crippen LogP contribution in [0.25, 0.3) is 0 Å². The van der Waals surface area contributed by atoms with Gasteiger partial charge in [0.15, 0.2) is 0 Å². The molecule has 0 fully saturated rings. The average molecular weight is 278 g/mol. The van der Waals surface area contributed by atoms with Crippen LogP contribution in [0.15, 0.2) is 42.5 Å². The second-order valence-electron chi connectivity index (χ2n) is 3.97. The van der Waals surface area contributed by atoms with Gasteiger partial charge in [0.1, 0.15) is 0 Å². The van der Waals surface area contributed by atoms with Crippen molar-refractivity contribution in [2.75, 3.05) is 11.1 Å². The van der Waals surface area contributed by atoms with Crippen molar-refractivity contribution >= 4 is 28.7 Å². The molecule has 6 heteroatoms. The van der Waals surface area contributed by atoms with E-state index in [0.717, 1.165) is 5.56 Å². The largest absolute Gasteiger partial charge is 0.397 e. The van der Waals surface area contributed by atoms with Gasteiger partial charge in [0.2, 0.25) is 0 Å². The predicted molar refractivity (Wildman–Crippen MR) is 76.3 cm³/mol. The molecule has 0 saturated carbocycles. The van der Waals surface area contributed by atoms with Gasteiger partial charge in [0.25, 0.3) is 5.69 Å². The minimum Gasteiger partial charge on any atom is -0.397 e. The summed E-state index contributed by atoms with van der Waals surface area (Å²) in [5.74, 6) is 0. The van der Waals surface area contributed by atoms with Crippen LogP contribution in [0.5, 0.6) is 0 Å². The number of nitrogens with zero attached hydrogens (tertiary/aromatic N) is 1. The zero-order valence-corrected chi connectivity index (χ0v) is 10.7. The molecule has 0 saturated heterocycles. The molecule has 0 aliphatic heterocycles. The molecule has 0 heterocycles. The summed E-state index contributed by atoms with van der Waals surface area (Å²) in [5.41, 5.74) is 7.65. The minimum atomic E-state index is -0.478. The summed E-state index contributed by atoms with van der Waals surface area (Å²) < 4.78 is 0. The average Bonchev–Trinajstić information content (AvgIpc) is 2.39. The number of nitrogen functional groups attached to an aromatic ring is 1. The Morgan fingerprint density at radius 2 is 2.00 bits per heavy atom. The Morgan fingerprint density at radius 3 is 2.63 bits per heavy atom. The van der Waals surface area contributed by atoms with E-state index in [0.29, 0.717) is 22.9 Å². The van der Waals surface area contributed by atoms with Crippen LogP contribution in [-0.4, -0.2) is 4.92 Å². The number of nitrogens with one attached hydrogen (secondary N) is 1. The molecule has 98 valence electrons. The zero-order valence-electron chi connectivity index (χ0n) is 9.97. The van der Waals surface area contributed by atoms with E-state index in [1.54, 1.807) is 12.1 Å². The number of benzene rings is 2. The molecule has 2 aromatic rings. The number of anilines is 2. The van der Waals surface area contributed by atoms with Crippen molar-refractivity contribution in [3.63, 3.8) is 0 Å². The molecular formula is C13H12ClN3O2. The fourth-order valence-corrected chi connectivity index (χ4v) is 1.86. The summed E-state index contributed by atoms with van der Waals surface area (Å²) in [6.45, 7) is 0.502. The third kappa shape index (κ3) is 3.14. The highest BCUT2D eigenvalue weighted by Crippen LogP contribution is 2.25. The van der Waals surface area contributed by atoms with E-state index in [-0.39, 0.29) is 5.69 Å². The Hall–Kier alpha value is -2.27. The molecule has 2 rings (SSSR count). The quantitative estimate of drug-likeness (QED) is 0.509. The Morgan fingerprint density at radius 1 is 1.26 bits per heavy atom. The summed E-state index contributed by atoms with van der Waals surface area (Å²) in [4.78, 5) is 10.1. The molecule has 0 atom stereocenters. The lowest BCUT2D eigenvalue weighted by atomic mass is 10.2. The van der Waals surface area contributed by atoms with E-state index in [4.69, 9.17) is 17.3 Å². The van der Waals surface area contributed by atoms with Crippen molar-refractivity contribution in [1.29, 1.82) is 0 Å². The maximum absolute atomic E-state index is 10.6. The van der Waals surface area contributed by atoms with E-state index in [1.165, 1.54) is 12.1 Å². The Labute approximate surface area is 115 Å². The smallest absolute Gasteiger partial charge is 0.271 e. The van der Waals surface area contributed by atoms with Gasteiger partial charge in [-0.3, -0.25) is 10.1 Å². The van der Waals surface area contributed by atoms with Crippen molar-refractivity contribution < 1.29 is 4.92 Å². The van der Waals surface area contributed by atoms with Crippen molar-refractivity contribution in [3.8, 4) is 0 Å². The molecule has 3 N–H and O–H groups in total. The Balaban J connectivity index is 2.12. The van der Waals surface area contributed by atoms with Gasteiger partial charge in [-0.1, -0.05) is 29.8 Å². The fraction of sp³-hybridized carbons (Fsp3) is 0.0769. The third-order valence-electron chi connectivity index (χ3n) is 2.67. The van der Waals surface area contributed by atoms with Crippen LogP contribution >= 0.6 is 11.6 Å². The SMILES string of the molecule is Nc1cc([N+](=O)[O-])ccc1NCc1ccccc1Cl. The highest BCUT2D eigenvalue weighted by atomic mass is 35.5. The fourth-order valence-electron chi connectivity index (χ4n) is 1.66. The highest BCUT2D eigenvalue weighted by Gasteiger charge is 2.08. The zero-order chi connectivity index (χ0) is 13.8. The number of nitro benzene ring substituents is 1. The lowest BCUT2D eigenvalue weighted by molar-refractivity contribution is -0.384. The number of hydrogen-bond donors (Lipinski definition) is 2. The van der Waals surface area contributed by atoms with Crippen LogP contribution in [0.2, 0.25) is 5.02 Å². The highest BCUT2D eigenvalue weighted by molar-refractivity contribution is 6.31. The first kappa shape index (κ1) is 13.2. The number of halogens is 1. The number of hydrogen-bond acceptors (Lipinski definition) is 4. The second kappa shape index (κ2) is 5.58.